The summed E-state index contributed by atoms with van der Waals surface area (Å²) in [6, 6.07) is 7.03. The van der Waals surface area contributed by atoms with Crippen LogP contribution >= 0.6 is 11.6 Å². The first kappa shape index (κ1) is 21.8. The molecule has 7 heteroatoms. The number of hydrogen-bond acceptors (Lipinski definition) is 4. The lowest BCUT2D eigenvalue weighted by atomic mass is 9.75. The second-order valence-electron chi connectivity index (χ2n) is 7.91. The Morgan fingerprint density at radius 2 is 1.76 bits per heavy atom. The number of nitrogens with zero attached hydrogens (tertiary/aromatic N) is 2. The highest BCUT2D eigenvalue weighted by Crippen LogP contribution is 2.43. The molecule has 0 spiro atoms. The molecule has 3 amide bonds. The molecule has 2 aliphatic rings. The first-order chi connectivity index (χ1) is 14.0. The predicted octanol–water partition coefficient (Wildman–Crippen LogP) is 3.17. The first-order valence-electron chi connectivity index (χ1n) is 10.4. The minimum atomic E-state index is -1.25. The Hall–Kier alpha value is -1.92. The van der Waals surface area contributed by atoms with E-state index in [-0.39, 0.29) is 43.7 Å². The van der Waals surface area contributed by atoms with Gasteiger partial charge in [-0.1, -0.05) is 49.1 Å². The molecule has 2 aliphatic heterocycles. The molecule has 1 atom stereocenters. The van der Waals surface area contributed by atoms with Gasteiger partial charge in [0.25, 0.3) is 0 Å². The van der Waals surface area contributed by atoms with Crippen LogP contribution < -0.4 is 0 Å². The zero-order chi connectivity index (χ0) is 20.9. The fraction of sp³-hybridized carbons (Fsp3) is 0.591. The van der Waals surface area contributed by atoms with Gasteiger partial charge in [0.2, 0.25) is 17.7 Å². The van der Waals surface area contributed by atoms with E-state index in [9.17, 15) is 14.4 Å². The third-order valence-electron chi connectivity index (χ3n) is 5.98. The van der Waals surface area contributed by atoms with Gasteiger partial charge in [-0.25, -0.2) is 0 Å². The summed E-state index contributed by atoms with van der Waals surface area (Å²) in [4.78, 5) is 42.5. The van der Waals surface area contributed by atoms with Crippen molar-refractivity contribution in [2.24, 2.45) is 0 Å². The molecular formula is C22H29ClN2O4. The minimum absolute atomic E-state index is 0.0369. The van der Waals surface area contributed by atoms with Crippen LogP contribution in [-0.2, 0) is 24.5 Å². The molecule has 0 aromatic heterocycles. The topological polar surface area (TPSA) is 66.9 Å². The molecule has 2 saturated heterocycles. The molecule has 3 rings (SSSR count). The maximum atomic E-state index is 13.5. The SMILES string of the molecule is COCCN1C(=O)C[C@](CC(=O)N2CCCCCCC2)(c2ccccc2Cl)C1=O. The molecule has 2 heterocycles. The first-order valence-corrected chi connectivity index (χ1v) is 10.7. The number of halogens is 1. The van der Waals surface area contributed by atoms with Gasteiger partial charge >= 0.3 is 0 Å². The molecule has 0 N–H and O–H groups in total. The van der Waals surface area contributed by atoms with Crippen molar-refractivity contribution in [3.63, 3.8) is 0 Å². The van der Waals surface area contributed by atoms with E-state index in [1.54, 1.807) is 24.3 Å². The molecule has 0 aliphatic carbocycles. The van der Waals surface area contributed by atoms with Crippen LogP contribution in [0.2, 0.25) is 5.02 Å². The van der Waals surface area contributed by atoms with Crippen molar-refractivity contribution in [1.82, 2.24) is 9.80 Å². The smallest absolute Gasteiger partial charge is 0.241 e. The summed E-state index contributed by atoms with van der Waals surface area (Å²) in [5.74, 6) is -0.720. The average molecular weight is 421 g/mol. The number of benzene rings is 1. The largest absolute Gasteiger partial charge is 0.383 e. The molecule has 6 nitrogen and oxygen atoms in total. The second-order valence-corrected chi connectivity index (χ2v) is 8.31. The second kappa shape index (κ2) is 9.72. The van der Waals surface area contributed by atoms with Gasteiger partial charge in [0.1, 0.15) is 0 Å². The average Bonchev–Trinajstić information content (AvgIpc) is 2.90. The molecule has 1 aromatic carbocycles. The highest BCUT2D eigenvalue weighted by molar-refractivity contribution is 6.32. The number of ether oxygens (including phenoxy) is 1. The number of likely N-dealkylation sites (tertiary alicyclic amines) is 2. The molecule has 0 radical (unpaired) electrons. The van der Waals surface area contributed by atoms with Gasteiger partial charge in [-0.2, -0.15) is 0 Å². The summed E-state index contributed by atoms with van der Waals surface area (Å²) in [6.45, 7) is 1.84. The number of carbonyl (C=O) groups excluding carboxylic acids is 3. The van der Waals surface area contributed by atoms with Crippen molar-refractivity contribution in [3.05, 3.63) is 34.9 Å². The maximum Gasteiger partial charge on any atom is 0.241 e. The van der Waals surface area contributed by atoms with E-state index in [0.717, 1.165) is 25.7 Å². The van der Waals surface area contributed by atoms with E-state index in [2.05, 4.69) is 0 Å². The predicted molar refractivity (Wildman–Crippen MR) is 111 cm³/mol. The summed E-state index contributed by atoms with van der Waals surface area (Å²) >= 11 is 6.44. The number of imide groups is 1. The zero-order valence-electron chi connectivity index (χ0n) is 17.0. The quantitative estimate of drug-likeness (QED) is 0.663. The van der Waals surface area contributed by atoms with Crippen molar-refractivity contribution in [2.75, 3.05) is 33.4 Å². The monoisotopic (exact) mass is 420 g/mol. The summed E-state index contributed by atoms with van der Waals surface area (Å²) < 4.78 is 5.05. The van der Waals surface area contributed by atoms with Gasteiger partial charge < -0.3 is 9.64 Å². The molecular weight excluding hydrogens is 392 g/mol. The van der Waals surface area contributed by atoms with Crippen LogP contribution in [-0.4, -0.2) is 60.9 Å². The van der Waals surface area contributed by atoms with Gasteiger partial charge in [0, 0.05) is 38.1 Å². The van der Waals surface area contributed by atoms with E-state index in [0.29, 0.717) is 23.7 Å². The Balaban J connectivity index is 1.92. The van der Waals surface area contributed by atoms with Gasteiger partial charge in [-0.3, -0.25) is 19.3 Å². The van der Waals surface area contributed by atoms with E-state index in [1.807, 2.05) is 4.90 Å². The van der Waals surface area contributed by atoms with Gasteiger partial charge in [0.05, 0.1) is 18.6 Å². The molecule has 1 aromatic rings. The number of amides is 3. The van der Waals surface area contributed by atoms with Crippen LogP contribution in [0.3, 0.4) is 0 Å². The molecule has 0 bridgehead atoms. The third-order valence-corrected chi connectivity index (χ3v) is 6.31. The van der Waals surface area contributed by atoms with E-state index in [4.69, 9.17) is 16.3 Å². The van der Waals surface area contributed by atoms with Crippen LogP contribution in [0.4, 0.5) is 0 Å². The minimum Gasteiger partial charge on any atom is -0.383 e. The lowest BCUT2D eigenvalue weighted by molar-refractivity contribution is -0.143. The van der Waals surface area contributed by atoms with Crippen molar-refractivity contribution < 1.29 is 19.1 Å². The van der Waals surface area contributed by atoms with Crippen molar-refractivity contribution >= 4 is 29.3 Å². The Labute approximate surface area is 177 Å². The summed E-state index contributed by atoms with van der Waals surface area (Å²) in [7, 11) is 1.53. The van der Waals surface area contributed by atoms with Crippen LogP contribution in [0, 0.1) is 0 Å². The Bertz CT molecular complexity index is 761. The van der Waals surface area contributed by atoms with Gasteiger partial charge in [-0.15, -0.1) is 0 Å². The van der Waals surface area contributed by atoms with E-state index >= 15 is 0 Å². The Morgan fingerprint density at radius 1 is 1.10 bits per heavy atom. The number of carbonyl (C=O) groups is 3. The third kappa shape index (κ3) is 4.64. The van der Waals surface area contributed by atoms with Gasteiger partial charge in [0.15, 0.2) is 0 Å². The van der Waals surface area contributed by atoms with Crippen molar-refractivity contribution in [3.8, 4) is 0 Å². The fourth-order valence-electron chi connectivity index (χ4n) is 4.37. The highest BCUT2D eigenvalue weighted by atomic mass is 35.5. The molecule has 29 heavy (non-hydrogen) atoms. The Kier molecular flexibility index (Phi) is 7.30. The van der Waals surface area contributed by atoms with Crippen LogP contribution in [0.1, 0.15) is 50.5 Å². The summed E-state index contributed by atoms with van der Waals surface area (Å²) in [5.41, 5.74) is -0.692. The van der Waals surface area contributed by atoms with Gasteiger partial charge in [-0.05, 0) is 24.5 Å². The number of rotatable bonds is 6. The normalized spacial score (nSPS) is 23.2. The molecule has 158 valence electrons. The van der Waals surface area contributed by atoms with Crippen molar-refractivity contribution in [1.29, 1.82) is 0 Å². The zero-order valence-corrected chi connectivity index (χ0v) is 17.7. The number of methoxy groups -OCH3 is 1. The van der Waals surface area contributed by atoms with Crippen molar-refractivity contribution in [2.45, 2.75) is 50.4 Å². The Morgan fingerprint density at radius 3 is 2.41 bits per heavy atom. The fourth-order valence-corrected chi connectivity index (χ4v) is 4.69. The van der Waals surface area contributed by atoms with Crippen LogP contribution in [0.25, 0.3) is 0 Å². The molecule has 2 fully saturated rings. The summed E-state index contributed by atoms with van der Waals surface area (Å²) in [5, 5.41) is 0.405. The lowest BCUT2D eigenvalue weighted by Crippen LogP contribution is -2.44. The standard InChI is InChI=1S/C22H29ClN2O4/c1-29-14-13-25-20(27)16-22(21(25)28,17-9-5-6-10-18(17)23)15-19(26)24-11-7-3-2-4-8-12-24/h5-6,9-10H,2-4,7-8,11-16H2,1H3/t22-/m1/s1. The highest BCUT2D eigenvalue weighted by Gasteiger charge is 2.54. The molecule has 0 unspecified atom stereocenters. The van der Waals surface area contributed by atoms with Crippen LogP contribution in [0.5, 0.6) is 0 Å². The van der Waals surface area contributed by atoms with E-state index < -0.39 is 5.41 Å². The number of hydrogen-bond donors (Lipinski definition) is 0. The van der Waals surface area contributed by atoms with Crippen LogP contribution in [0.15, 0.2) is 24.3 Å². The maximum absolute atomic E-state index is 13.5. The molecule has 0 saturated carbocycles. The lowest BCUT2D eigenvalue weighted by Gasteiger charge is -2.32. The summed E-state index contributed by atoms with van der Waals surface area (Å²) in [6.07, 6.45) is 5.29. The van der Waals surface area contributed by atoms with E-state index in [1.165, 1.54) is 18.4 Å².